The number of hydrogen-bond donors (Lipinski definition) is 5. The first kappa shape index (κ1) is 37.5. The third kappa shape index (κ3) is 10.1. The standard InChI is InChI=1S/C36H51N7O6/c1-49-35(48)36(39)17-21-42(22-18-36)33(46)28(15-8-9-19-37)40-32(45)30-16-10-20-43(30)34(47)29(24-26-13-6-3-7-14-26)41-31(44)27(38)23-25-11-4-2-5-12-25/h2-7,11-14,27-30H,8-10,15-24,37-39H2,1H3,(H,40,45)(H,41,44)/t27-,28-,29-,30-/m1/s1. The zero-order valence-electron chi connectivity index (χ0n) is 28.4. The first-order valence-corrected chi connectivity index (χ1v) is 17.2. The van der Waals surface area contributed by atoms with Gasteiger partial charge >= 0.3 is 5.97 Å². The Morgan fingerprint density at radius 2 is 1.47 bits per heavy atom. The van der Waals surface area contributed by atoms with Gasteiger partial charge in [-0.05, 0) is 69.0 Å². The van der Waals surface area contributed by atoms with Gasteiger partial charge in [-0.1, -0.05) is 60.7 Å². The van der Waals surface area contributed by atoms with Gasteiger partial charge in [-0.25, -0.2) is 0 Å². The molecule has 4 amide bonds. The van der Waals surface area contributed by atoms with Gasteiger partial charge in [0.25, 0.3) is 0 Å². The van der Waals surface area contributed by atoms with Crippen LogP contribution < -0.4 is 27.8 Å². The number of ether oxygens (including phenoxy) is 1. The number of amides is 4. The molecule has 2 aromatic carbocycles. The highest BCUT2D eigenvalue weighted by Gasteiger charge is 2.42. The molecule has 0 saturated carbocycles. The Morgan fingerprint density at radius 3 is 2.06 bits per heavy atom. The van der Waals surface area contributed by atoms with Crippen LogP contribution in [0.2, 0.25) is 0 Å². The molecule has 0 unspecified atom stereocenters. The molecule has 4 rings (SSSR count). The first-order valence-electron chi connectivity index (χ1n) is 17.2. The van der Waals surface area contributed by atoms with Gasteiger partial charge in [0.1, 0.15) is 23.7 Å². The van der Waals surface area contributed by atoms with Crippen LogP contribution in [0, 0.1) is 0 Å². The van der Waals surface area contributed by atoms with Crippen molar-refractivity contribution in [3.05, 3.63) is 71.8 Å². The number of piperidine rings is 1. The third-order valence-electron chi connectivity index (χ3n) is 9.49. The highest BCUT2D eigenvalue weighted by molar-refractivity contribution is 5.95. The number of carbonyl (C=O) groups excluding carboxylic acids is 5. The maximum Gasteiger partial charge on any atom is 0.325 e. The van der Waals surface area contributed by atoms with E-state index in [1.807, 2.05) is 60.7 Å². The molecule has 13 heteroatoms. The summed E-state index contributed by atoms with van der Waals surface area (Å²) in [5, 5.41) is 5.81. The Labute approximate surface area is 288 Å². The van der Waals surface area contributed by atoms with Gasteiger partial charge in [0.2, 0.25) is 23.6 Å². The molecule has 0 radical (unpaired) electrons. The second kappa shape index (κ2) is 17.9. The molecule has 13 nitrogen and oxygen atoms in total. The lowest BCUT2D eigenvalue weighted by atomic mass is 9.88. The van der Waals surface area contributed by atoms with E-state index >= 15 is 0 Å². The van der Waals surface area contributed by atoms with Gasteiger partial charge in [0.05, 0.1) is 13.2 Å². The second-order valence-corrected chi connectivity index (χ2v) is 13.1. The number of esters is 1. The number of benzene rings is 2. The van der Waals surface area contributed by atoms with E-state index in [-0.39, 0.29) is 44.2 Å². The van der Waals surface area contributed by atoms with Crippen LogP contribution >= 0.6 is 0 Å². The Bertz CT molecular complexity index is 1420. The quantitative estimate of drug-likeness (QED) is 0.130. The van der Waals surface area contributed by atoms with Crippen LogP contribution in [0.25, 0.3) is 0 Å². The summed E-state index contributed by atoms with van der Waals surface area (Å²) >= 11 is 0. The number of hydrogen-bond acceptors (Lipinski definition) is 9. The van der Waals surface area contributed by atoms with Crippen LogP contribution in [-0.4, -0.2) is 102 Å². The Morgan fingerprint density at radius 1 is 0.857 bits per heavy atom. The molecule has 266 valence electrons. The summed E-state index contributed by atoms with van der Waals surface area (Å²) in [4.78, 5) is 70.3. The van der Waals surface area contributed by atoms with Gasteiger partial charge in [0.15, 0.2) is 0 Å². The SMILES string of the molecule is COC(=O)C1(N)CCN(C(=O)[C@@H](CCCCN)NC(=O)[C@H]2CCCN2C(=O)[C@@H](Cc2ccccc2)NC(=O)[C@H](N)Cc2ccccc2)CC1. The molecule has 49 heavy (non-hydrogen) atoms. The lowest BCUT2D eigenvalue weighted by molar-refractivity contribution is -0.151. The van der Waals surface area contributed by atoms with E-state index in [0.29, 0.717) is 51.6 Å². The molecule has 4 atom stereocenters. The van der Waals surface area contributed by atoms with Crippen molar-refractivity contribution in [3.8, 4) is 0 Å². The van der Waals surface area contributed by atoms with E-state index in [4.69, 9.17) is 21.9 Å². The van der Waals surface area contributed by atoms with Crippen molar-refractivity contribution in [3.63, 3.8) is 0 Å². The summed E-state index contributed by atoms with van der Waals surface area (Å²) < 4.78 is 4.85. The molecule has 2 heterocycles. The zero-order valence-corrected chi connectivity index (χ0v) is 28.4. The predicted molar refractivity (Wildman–Crippen MR) is 185 cm³/mol. The van der Waals surface area contributed by atoms with Gasteiger partial charge in [-0.15, -0.1) is 0 Å². The number of methoxy groups -OCH3 is 1. The number of likely N-dealkylation sites (tertiary alicyclic amines) is 2. The van der Waals surface area contributed by atoms with Crippen LogP contribution in [0.15, 0.2) is 60.7 Å². The number of nitrogens with two attached hydrogens (primary N) is 3. The van der Waals surface area contributed by atoms with Crippen molar-refractivity contribution >= 4 is 29.6 Å². The van der Waals surface area contributed by atoms with E-state index in [1.54, 1.807) is 4.90 Å². The molecule has 2 aliphatic heterocycles. The van der Waals surface area contributed by atoms with Crippen molar-refractivity contribution < 1.29 is 28.7 Å². The van der Waals surface area contributed by atoms with Crippen molar-refractivity contribution in [1.82, 2.24) is 20.4 Å². The van der Waals surface area contributed by atoms with Crippen molar-refractivity contribution in [2.24, 2.45) is 17.2 Å². The minimum Gasteiger partial charge on any atom is -0.468 e. The summed E-state index contributed by atoms with van der Waals surface area (Å²) in [6, 6.07) is 15.3. The van der Waals surface area contributed by atoms with E-state index in [0.717, 1.165) is 11.1 Å². The second-order valence-electron chi connectivity index (χ2n) is 13.1. The molecule has 8 N–H and O–H groups in total. The molecule has 2 fully saturated rings. The average molecular weight is 678 g/mol. The number of rotatable bonds is 15. The van der Waals surface area contributed by atoms with Crippen LogP contribution in [0.3, 0.4) is 0 Å². The average Bonchev–Trinajstić information content (AvgIpc) is 3.61. The fourth-order valence-electron chi connectivity index (χ4n) is 6.56. The van der Waals surface area contributed by atoms with E-state index in [1.165, 1.54) is 12.0 Å². The highest BCUT2D eigenvalue weighted by Crippen LogP contribution is 2.24. The number of nitrogens with one attached hydrogen (secondary N) is 2. The van der Waals surface area contributed by atoms with Crippen LogP contribution in [0.1, 0.15) is 56.1 Å². The fourth-order valence-corrected chi connectivity index (χ4v) is 6.56. The summed E-state index contributed by atoms with van der Waals surface area (Å²) in [5.41, 5.74) is 18.8. The van der Waals surface area contributed by atoms with Crippen LogP contribution in [-0.2, 0) is 41.6 Å². The predicted octanol–water partition coefficient (Wildman–Crippen LogP) is 0.382. The Balaban J connectivity index is 1.46. The molecule has 2 aliphatic rings. The maximum atomic E-state index is 14.2. The summed E-state index contributed by atoms with van der Waals surface area (Å²) in [5.74, 6) is -2.06. The third-order valence-corrected chi connectivity index (χ3v) is 9.49. The summed E-state index contributed by atoms with van der Waals surface area (Å²) in [7, 11) is 1.29. The minimum absolute atomic E-state index is 0.220. The lowest BCUT2D eigenvalue weighted by Crippen LogP contribution is -2.60. The fraction of sp³-hybridized carbons (Fsp3) is 0.528. The monoisotopic (exact) mass is 677 g/mol. The Kier molecular flexibility index (Phi) is 13.7. The Hall–Kier alpha value is -4.33. The van der Waals surface area contributed by atoms with Crippen molar-refractivity contribution in [2.45, 2.75) is 87.5 Å². The smallest absolute Gasteiger partial charge is 0.325 e. The van der Waals surface area contributed by atoms with E-state index in [9.17, 15) is 24.0 Å². The molecular weight excluding hydrogens is 626 g/mol. The zero-order chi connectivity index (χ0) is 35.4. The van der Waals surface area contributed by atoms with Gasteiger partial charge in [-0.2, -0.15) is 0 Å². The lowest BCUT2D eigenvalue weighted by Gasteiger charge is -2.38. The molecule has 0 spiro atoms. The molecule has 0 bridgehead atoms. The van der Waals surface area contributed by atoms with Crippen molar-refractivity contribution in [1.29, 1.82) is 0 Å². The molecule has 0 aromatic heterocycles. The normalized spacial score (nSPS) is 19.0. The van der Waals surface area contributed by atoms with Crippen molar-refractivity contribution in [2.75, 3.05) is 33.3 Å². The minimum atomic E-state index is -1.16. The molecule has 0 aliphatic carbocycles. The number of nitrogens with zero attached hydrogens (tertiary/aromatic N) is 2. The maximum absolute atomic E-state index is 14.2. The largest absolute Gasteiger partial charge is 0.468 e. The van der Waals surface area contributed by atoms with Crippen LogP contribution in [0.4, 0.5) is 0 Å². The molecular formula is C36H51N7O6. The highest BCUT2D eigenvalue weighted by atomic mass is 16.5. The van der Waals surface area contributed by atoms with Gasteiger partial charge < -0.3 is 42.4 Å². The van der Waals surface area contributed by atoms with Gasteiger partial charge in [-0.3, -0.25) is 24.0 Å². The topological polar surface area (TPSA) is 203 Å². The van der Waals surface area contributed by atoms with E-state index in [2.05, 4.69) is 10.6 Å². The van der Waals surface area contributed by atoms with Crippen LogP contribution in [0.5, 0.6) is 0 Å². The number of unbranched alkanes of at least 4 members (excludes halogenated alkanes) is 1. The van der Waals surface area contributed by atoms with E-state index < -0.39 is 47.5 Å². The molecule has 2 saturated heterocycles. The first-order chi connectivity index (χ1) is 23.6. The molecule has 2 aromatic rings. The number of carbonyl (C=O) groups is 5. The van der Waals surface area contributed by atoms with Gasteiger partial charge in [0, 0.05) is 26.1 Å². The summed E-state index contributed by atoms with van der Waals surface area (Å²) in [6.45, 7) is 1.27. The summed E-state index contributed by atoms with van der Waals surface area (Å²) in [6.07, 6.45) is 3.67.